The van der Waals surface area contributed by atoms with Gasteiger partial charge >= 0.3 is 6.03 Å². The minimum Gasteiger partial charge on any atom is -0.338 e. The number of nitrogens with one attached hydrogen (secondary N) is 4. The maximum Gasteiger partial charge on any atom is 0.319 e. The lowest BCUT2D eigenvalue weighted by Crippen LogP contribution is -2.29. The van der Waals surface area contributed by atoms with Crippen LogP contribution in [-0.2, 0) is 0 Å². The van der Waals surface area contributed by atoms with Crippen molar-refractivity contribution in [2.24, 2.45) is 0 Å². The Kier molecular flexibility index (Phi) is 7.29. The number of carbonyl (C=O) groups is 1. The highest BCUT2D eigenvalue weighted by Gasteiger charge is 2.10. The molecular weight excluding hydrogens is 398 g/mol. The predicted molar refractivity (Wildman–Crippen MR) is 121 cm³/mol. The number of rotatable bonds is 8. The Labute approximate surface area is 180 Å². The van der Waals surface area contributed by atoms with Gasteiger partial charge in [0.2, 0.25) is 0 Å². The summed E-state index contributed by atoms with van der Waals surface area (Å²) in [6.45, 7) is 8.65. The van der Waals surface area contributed by atoms with Gasteiger partial charge in [-0.3, -0.25) is 5.10 Å². The number of H-pyrrole nitrogens is 1. The maximum absolute atomic E-state index is 11.9. The molecule has 1 aromatic carbocycles. The average Bonchev–Trinajstić information content (AvgIpc) is 3.08. The molecule has 0 unspecified atom stereocenters. The number of hydrogen-bond donors (Lipinski definition) is 4. The largest absolute Gasteiger partial charge is 0.338 e. The molecule has 9 heteroatoms. The van der Waals surface area contributed by atoms with E-state index in [2.05, 4.69) is 43.0 Å². The van der Waals surface area contributed by atoms with E-state index in [1.807, 2.05) is 51.1 Å². The number of unbranched alkanes of at least 4 members (excludes halogenated alkanes) is 1. The molecule has 30 heavy (non-hydrogen) atoms. The molecule has 4 N–H and O–H groups in total. The van der Waals surface area contributed by atoms with Crippen LogP contribution < -0.4 is 16.0 Å². The third-order valence-corrected chi connectivity index (χ3v) is 5.29. The Morgan fingerprint density at radius 1 is 1.10 bits per heavy atom. The smallest absolute Gasteiger partial charge is 0.319 e. The third-order valence-electron chi connectivity index (χ3n) is 4.25. The molecule has 2 heterocycles. The highest BCUT2D eigenvalue weighted by molar-refractivity contribution is 7.99. The molecule has 0 saturated carbocycles. The standard InChI is InChI=1S/C21H27N7OS/c1-5-6-9-22-20(29)24-16-7-8-17(13(2)10-16)30-21-23-14(3)11-18(26-21)25-19-12-15(4)27-28-19/h7-8,10-12H,5-6,9H2,1-4H3,(H2,22,24,29)(H2,23,25,26,27,28). The summed E-state index contributed by atoms with van der Waals surface area (Å²) in [6, 6.07) is 9.41. The third kappa shape index (κ3) is 6.21. The van der Waals surface area contributed by atoms with E-state index in [0.717, 1.165) is 40.4 Å². The first kappa shape index (κ1) is 21.6. The van der Waals surface area contributed by atoms with Gasteiger partial charge in [-0.05, 0) is 62.7 Å². The van der Waals surface area contributed by atoms with Crippen LogP contribution >= 0.6 is 11.8 Å². The van der Waals surface area contributed by atoms with E-state index in [1.54, 1.807) is 0 Å². The second-order valence-electron chi connectivity index (χ2n) is 7.06. The molecule has 0 radical (unpaired) electrons. The lowest BCUT2D eigenvalue weighted by molar-refractivity contribution is 0.252. The second-order valence-corrected chi connectivity index (χ2v) is 8.06. The van der Waals surface area contributed by atoms with E-state index in [1.165, 1.54) is 11.8 Å². The highest BCUT2D eigenvalue weighted by Crippen LogP contribution is 2.30. The summed E-state index contributed by atoms with van der Waals surface area (Å²) < 4.78 is 0. The average molecular weight is 426 g/mol. The molecular formula is C21H27N7OS. The number of anilines is 3. The van der Waals surface area contributed by atoms with Crippen LogP contribution in [0.2, 0.25) is 0 Å². The number of aryl methyl sites for hydroxylation is 3. The summed E-state index contributed by atoms with van der Waals surface area (Å²) in [5.74, 6) is 1.40. The number of nitrogens with zero attached hydrogens (tertiary/aromatic N) is 3. The van der Waals surface area contributed by atoms with E-state index < -0.39 is 0 Å². The van der Waals surface area contributed by atoms with Gasteiger partial charge in [-0.15, -0.1) is 0 Å². The van der Waals surface area contributed by atoms with Crippen molar-refractivity contribution in [2.45, 2.75) is 50.6 Å². The molecule has 0 bridgehead atoms. The quantitative estimate of drug-likeness (QED) is 0.301. The SMILES string of the molecule is CCCCNC(=O)Nc1ccc(Sc2nc(C)cc(Nc3cc(C)[nH]n3)n2)c(C)c1. The number of urea groups is 1. The van der Waals surface area contributed by atoms with Crippen LogP contribution in [0.3, 0.4) is 0 Å². The zero-order valence-electron chi connectivity index (χ0n) is 17.7. The fraction of sp³-hybridized carbons (Fsp3) is 0.333. The summed E-state index contributed by atoms with van der Waals surface area (Å²) in [6.07, 6.45) is 2.01. The molecule has 2 amide bonds. The van der Waals surface area contributed by atoms with Gasteiger partial charge in [-0.2, -0.15) is 5.10 Å². The van der Waals surface area contributed by atoms with E-state index in [4.69, 9.17) is 0 Å². The zero-order chi connectivity index (χ0) is 21.5. The van der Waals surface area contributed by atoms with Crippen LogP contribution in [0.1, 0.15) is 36.7 Å². The minimum absolute atomic E-state index is 0.186. The van der Waals surface area contributed by atoms with E-state index >= 15 is 0 Å². The van der Waals surface area contributed by atoms with Crippen molar-refractivity contribution < 1.29 is 4.79 Å². The summed E-state index contributed by atoms with van der Waals surface area (Å²) in [5, 5.41) is 16.6. The van der Waals surface area contributed by atoms with E-state index in [9.17, 15) is 4.79 Å². The summed E-state index contributed by atoms with van der Waals surface area (Å²) in [7, 11) is 0. The Morgan fingerprint density at radius 3 is 2.63 bits per heavy atom. The maximum atomic E-state index is 11.9. The van der Waals surface area contributed by atoms with Crippen LogP contribution in [0.5, 0.6) is 0 Å². The number of aromatic nitrogens is 4. The molecule has 0 aliphatic heterocycles. The topological polar surface area (TPSA) is 108 Å². The fourth-order valence-electron chi connectivity index (χ4n) is 2.76. The molecule has 158 valence electrons. The van der Waals surface area contributed by atoms with Crippen molar-refractivity contribution in [3.8, 4) is 0 Å². The van der Waals surface area contributed by atoms with E-state index in [-0.39, 0.29) is 6.03 Å². The number of aromatic amines is 1. The lowest BCUT2D eigenvalue weighted by Gasteiger charge is -2.11. The first-order valence-corrected chi connectivity index (χ1v) is 10.7. The Bertz CT molecular complexity index is 1020. The number of amides is 2. The van der Waals surface area contributed by atoms with Crippen molar-refractivity contribution in [3.63, 3.8) is 0 Å². The van der Waals surface area contributed by atoms with Crippen molar-refractivity contribution in [3.05, 3.63) is 47.3 Å². The Morgan fingerprint density at radius 2 is 1.93 bits per heavy atom. The summed E-state index contributed by atoms with van der Waals surface area (Å²) in [4.78, 5) is 22.1. The van der Waals surface area contributed by atoms with Crippen molar-refractivity contribution in [1.82, 2.24) is 25.5 Å². The summed E-state index contributed by atoms with van der Waals surface area (Å²) in [5.41, 5.74) is 3.63. The van der Waals surface area contributed by atoms with Crippen LogP contribution in [0.15, 0.2) is 40.4 Å². The van der Waals surface area contributed by atoms with Crippen molar-refractivity contribution >= 4 is 35.1 Å². The molecule has 0 spiro atoms. The number of hydrogen-bond acceptors (Lipinski definition) is 6. The van der Waals surface area contributed by atoms with Crippen molar-refractivity contribution in [2.75, 3.05) is 17.2 Å². The van der Waals surface area contributed by atoms with Gasteiger partial charge in [0.15, 0.2) is 11.0 Å². The molecule has 0 aliphatic rings. The predicted octanol–water partition coefficient (Wildman–Crippen LogP) is 4.94. The van der Waals surface area contributed by atoms with Crippen molar-refractivity contribution in [1.29, 1.82) is 0 Å². The fourth-order valence-corrected chi connectivity index (χ4v) is 3.64. The zero-order valence-corrected chi connectivity index (χ0v) is 18.5. The molecule has 0 atom stereocenters. The molecule has 8 nitrogen and oxygen atoms in total. The molecule has 0 aliphatic carbocycles. The van der Waals surface area contributed by atoms with Gasteiger partial charge < -0.3 is 16.0 Å². The van der Waals surface area contributed by atoms with Gasteiger partial charge in [-0.25, -0.2) is 14.8 Å². The monoisotopic (exact) mass is 425 g/mol. The number of benzene rings is 1. The van der Waals surface area contributed by atoms with Crippen LogP contribution in [-0.4, -0.2) is 32.7 Å². The molecule has 0 saturated heterocycles. The minimum atomic E-state index is -0.186. The van der Waals surface area contributed by atoms with Crippen LogP contribution in [0, 0.1) is 20.8 Å². The van der Waals surface area contributed by atoms with Crippen LogP contribution in [0.4, 0.5) is 22.1 Å². The normalized spacial score (nSPS) is 10.7. The summed E-state index contributed by atoms with van der Waals surface area (Å²) >= 11 is 1.48. The molecule has 2 aromatic heterocycles. The molecule has 3 rings (SSSR count). The first-order valence-electron chi connectivity index (χ1n) is 9.91. The van der Waals surface area contributed by atoms with Gasteiger partial charge in [0, 0.05) is 40.6 Å². The van der Waals surface area contributed by atoms with E-state index in [0.29, 0.717) is 23.3 Å². The molecule has 0 fully saturated rings. The van der Waals surface area contributed by atoms with Gasteiger partial charge in [0.1, 0.15) is 5.82 Å². The van der Waals surface area contributed by atoms with Crippen LogP contribution in [0.25, 0.3) is 0 Å². The Hall–Kier alpha value is -3.07. The Balaban J connectivity index is 1.67. The second kappa shape index (κ2) is 10.1. The highest BCUT2D eigenvalue weighted by atomic mass is 32.2. The van der Waals surface area contributed by atoms with Gasteiger partial charge in [0.25, 0.3) is 0 Å². The lowest BCUT2D eigenvalue weighted by atomic mass is 10.2. The van der Waals surface area contributed by atoms with Gasteiger partial charge in [0.05, 0.1) is 0 Å². The van der Waals surface area contributed by atoms with Gasteiger partial charge in [-0.1, -0.05) is 13.3 Å². The first-order chi connectivity index (χ1) is 14.4. The molecule has 3 aromatic rings. The number of carbonyl (C=O) groups excluding carboxylic acids is 1.